The summed E-state index contributed by atoms with van der Waals surface area (Å²) in [5, 5.41) is 5.54. The van der Waals surface area contributed by atoms with E-state index in [1.807, 2.05) is 0 Å². The summed E-state index contributed by atoms with van der Waals surface area (Å²) in [5.74, 6) is -0.0383. The predicted molar refractivity (Wildman–Crippen MR) is 95.6 cm³/mol. The first-order valence-electron chi connectivity index (χ1n) is 7.34. The van der Waals surface area contributed by atoms with Gasteiger partial charge in [-0.25, -0.2) is 0 Å². The molecule has 1 aromatic carbocycles. The van der Waals surface area contributed by atoms with E-state index in [1.54, 1.807) is 45.3 Å². The van der Waals surface area contributed by atoms with Gasteiger partial charge in [-0.1, -0.05) is 12.1 Å². The number of carbonyl (C=O) groups is 1. The molecule has 0 heterocycles. The number of benzene rings is 1. The first-order valence-corrected chi connectivity index (χ1v) is 8.78. The van der Waals surface area contributed by atoms with Gasteiger partial charge in [0.25, 0.3) is 0 Å². The van der Waals surface area contributed by atoms with Crippen molar-refractivity contribution in [2.24, 2.45) is 4.36 Å². The van der Waals surface area contributed by atoms with Gasteiger partial charge in [0.2, 0.25) is 5.91 Å². The fraction of sp³-hybridized carbons (Fsp3) is 0.467. The summed E-state index contributed by atoms with van der Waals surface area (Å²) in [5.41, 5.74) is 0.794. The Morgan fingerprint density at radius 1 is 1.29 bits per heavy atom. The average Bonchev–Trinajstić information content (AvgIpc) is 2.54. The van der Waals surface area contributed by atoms with E-state index in [2.05, 4.69) is 15.0 Å². The Balaban J connectivity index is 2.94. The number of amides is 1. The number of nitrogens with zero attached hydrogens (tertiary/aromatic N) is 1. The van der Waals surface area contributed by atoms with Crippen LogP contribution >= 0.6 is 12.2 Å². The van der Waals surface area contributed by atoms with Crippen LogP contribution in [0.2, 0.25) is 0 Å². The molecule has 2 unspecified atom stereocenters. The van der Waals surface area contributed by atoms with Crippen LogP contribution in [-0.2, 0) is 15.3 Å². The zero-order valence-electron chi connectivity index (χ0n) is 13.8. The summed E-state index contributed by atoms with van der Waals surface area (Å²) >= 11 is 4.97. The third kappa shape index (κ3) is 6.63. The SMILES string of the molecule is CNC(=S)NC(=O)C(CCC(C)N=S(=O)=O)c1ccc(OC)cc1. The van der Waals surface area contributed by atoms with Gasteiger partial charge >= 0.3 is 10.5 Å². The topological polar surface area (TPSA) is 96.9 Å². The van der Waals surface area contributed by atoms with Crippen LogP contribution in [0.4, 0.5) is 0 Å². The Morgan fingerprint density at radius 3 is 2.42 bits per heavy atom. The fourth-order valence-corrected chi connectivity index (χ4v) is 2.65. The molecule has 2 N–H and O–H groups in total. The maximum atomic E-state index is 12.5. The summed E-state index contributed by atoms with van der Waals surface area (Å²) in [6.07, 6.45) is 0.886. The molecular formula is C15H21N3O4S2. The molecule has 0 saturated carbocycles. The van der Waals surface area contributed by atoms with Crippen LogP contribution < -0.4 is 15.4 Å². The minimum atomic E-state index is -2.45. The monoisotopic (exact) mass is 371 g/mol. The molecular weight excluding hydrogens is 350 g/mol. The molecule has 0 aliphatic heterocycles. The summed E-state index contributed by atoms with van der Waals surface area (Å²) < 4.78 is 29.9. The lowest BCUT2D eigenvalue weighted by Crippen LogP contribution is -2.40. The van der Waals surface area contributed by atoms with Crippen molar-refractivity contribution < 1.29 is 17.9 Å². The van der Waals surface area contributed by atoms with E-state index >= 15 is 0 Å². The lowest BCUT2D eigenvalue weighted by molar-refractivity contribution is -0.121. The quantitative estimate of drug-likeness (QED) is 0.707. The lowest BCUT2D eigenvalue weighted by Gasteiger charge is -2.18. The maximum absolute atomic E-state index is 12.5. The molecule has 0 spiro atoms. The summed E-state index contributed by atoms with van der Waals surface area (Å²) in [6, 6.07) is 6.75. The Labute approximate surface area is 148 Å². The third-order valence-electron chi connectivity index (χ3n) is 3.44. The van der Waals surface area contributed by atoms with E-state index < -0.39 is 22.5 Å². The van der Waals surface area contributed by atoms with Crippen molar-refractivity contribution in [3.8, 4) is 5.75 Å². The van der Waals surface area contributed by atoms with Crippen LogP contribution in [0.25, 0.3) is 0 Å². The van der Waals surface area contributed by atoms with Crippen LogP contribution in [0, 0.1) is 0 Å². The molecule has 7 nitrogen and oxygen atoms in total. The van der Waals surface area contributed by atoms with Gasteiger partial charge < -0.3 is 15.4 Å². The van der Waals surface area contributed by atoms with Gasteiger partial charge in [-0.15, -0.1) is 0 Å². The molecule has 1 amide bonds. The van der Waals surface area contributed by atoms with E-state index in [0.717, 1.165) is 5.56 Å². The maximum Gasteiger partial charge on any atom is 0.311 e. The van der Waals surface area contributed by atoms with Crippen molar-refractivity contribution in [3.63, 3.8) is 0 Å². The first kappa shape index (κ1) is 20.0. The lowest BCUT2D eigenvalue weighted by atomic mass is 9.92. The zero-order valence-corrected chi connectivity index (χ0v) is 15.4. The number of hydrogen-bond acceptors (Lipinski definition) is 6. The van der Waals surface area contributed by atoms with Crippen molar-refractivity contribution in [1.29, 1.82) is 0 Å². The standard InChI is InChI=1S/C15H21N3O4S2/c1-10(18-24(20)21)4-9-13(14(19)17-15(23)16-2)11-5-7-12(22-3)8-6-11/h5-8,10,13H,4,9H2,1-3H3,(H2,16,17,19,23). The molecule has 1 aromatic rings. The number of methoxy groups -OCH3 is 1. The van der Waals surface area contributed by atoms with Gasteiger partial charge in [0.1, 0.15) is 5.75 Å². The second-order valence-corrected chi connectivity index (χ2v) is 6.20. The normalized spacial score (nSPS) is 12.6. The molecule has 0 bridgehead atoms. The smallest absolute Gasteiger partial charge is 0.311 e. The number of nitrogens with one attached hydrogen (secondary N) is 2. The molecule has 2 atom stereocenters. The second kappa shape index (κ2) is 9.99. The van der Waals surface area contributed by atoms with Crippen molar-refractivity contribution in [2.45, 2.75) is 31.7 Å². The predicted octanol–water partition coefficient (Wildman–Crippen LogP) is 1.63. The van der Waals surface area contributed by atoms with Crippen molar-refractivity contribution in [1.82, 2.24) is 10.6 Å². The van der Waals surface area contributed by atoms with Crippen LogP contribution in [0.1, 0.15) is 31.2 Å². The van der Waals surface area contributed by atoms with Crippen LogP contribution in [0.15, 0.2) is 28.6 Å². The summed E-state index contributed by atoms with van der Waals surface area (Å²) in [4.78, 5) is 12.5. The minimum Gasteiger partial charge on any atom is -0.497 e. The average molecular weight is 371 g/mol. The zero-order chi connectivity index (χ0) is 18.1. The molecule has 1 rings (SSSR count). The molecule has 0 saturated heterocycles. The van der Waals surface area contributed by atoms with Gasteiger partial charge in [-0.3, -0.25) is 4.79 Å². The molecule has 0 aliphatic carbocycles. The van der Waals surface area contributed by atoms with Gasteiger partial charge in [0, 0.05) is 7.05 Å². The van der Waals surface area contributed by atoms with Crippen molar-refractivity contribution in [3.05, 3.63) is 29.8 Å². The van der Waals surface area contributed by atoms with Gasteiger partial charge in [0.05, 0.1) is 19.1 Å². The highest BCUT2D eigenvalue weighted by Gasteiger charge is 2.22. The minimum absolute atomic E-state index is 0.233. The van der Waals surface area contributed by atoms with Crippen molar-refractivity contribution in [2.75, 3.05) is 14.2 Å². The van der Waals surface area contributed by atoms with E-state index in [1.165, 1.54) is 0 Å². The number of thiocarbonyl (C=S) groups is 1. The van der Waals surface area contributed by atoms with E-state index in [0.29, 0.717) is 18.6 Å². The second-order valence-electron chi connectivity index (χ2n) is 5.14. The molecule has 0 fully saturated rings. The molecule has 132 valence electrons. The summed E-state index contributed by atoms with van der Waals surface area (Å²) in [7, 11) is 0.733. The highest BCUT2D eigenvalue weighted by molar-refractivity contribution is 7.80. The largest absolute Gasteiger partial charge is 0.497 e. The first-order chi connectivity index (χ1) is 11.4. The van der Waals surface area contributed by atoms with Crippen LogP contribution in [-0.4, -0.2) is 39.6 Å². The third-order valence-corrected chi connectivity index (χ3v) is 4.28. The Kier molecular flexibility index (Phi) is 8.34. The number of carbonyl (C=O) groups excluding carboxylic acids is 1. The van der Waals surface area contributed by atoms with Gasteiger partial charge in [-0.2, -0.15) is 12.8 Å². The molecule has 9 heteroatoms. The molecule has 0 radical (unpaired) electrons. The van der Waals surface area contributed by atoms with Gasteiger partial charge in [0.15, 0.2) is 5.11 Å². The number of rotatable bonds is 7. The molecule has 24 heavy (non-hydrogen) atoms. The fourth-order valence-electron chi connectivity index (χ4n) is 2.15. The van der Waals surface area contributed by atoms with Crippen LogP contribution in [0.3, 0.4) is 0 Å². The van der Waals surface area contributed by atoms with Gasteiger partial charge in [-0.05, 0) is 49.7 Å². The highest BCUT2D eigenvalue weighted by atomic mass is 32.2. The van der Waals surface area contributed by atoms with Crippen LogP contribution in [0.5, 0.6) is 5.75 Å². The molecule has 0 aromatic heterocycles. The van der Waals surface area contributed by atoms with E-state index in [-0.39, 0.29) is 11.0 Å². The number of ether oxygens (including phenoxy) is 1. The summed E-state index contributed by atoms with van der Waals surface area (Å²) in [6.45, 7) is 1.69. The molecule has 0 aliphatic rings. The number of hydrogen-bond donors (Lipinski definition) is 2. The van der Waals surface area contributed by atoms with E-state index in [4.69, 9.17) is 17.0 Å². The Bertz CT molecular complexity index is 694. The highest BCUT2D eigenvalue weighted by Crippen LogP contribution is 2.25. The Hall–Kier alpha value is -2.00. The van der Waals surface area contributed by atoms with Crippen molar-refractivity contribution >= 4 is 33.7 Å². The Morgan fingerprint density at radius 2 is 1.92 bits per heavy atom. The van der Waals surface area contributed by atoms with E-state index in [9.17, 15) is 13.2 Å².